The number of nitrogens with zero attached hydrogens (tertiary/aromatic N) is 1. The van der Waals surface area contributed by atoms with Crippen LogP contribution in [0.1, 0.15) is 27.7 Å². The minimum atomic E-state index is -0.172. The number of hydrogen-bond donors (Lipinski definition) is 0. The zero-order valence-corrected chi connectivity index (χ0v) is 8.76. The average molecular weight is 183 g/mol. The largest absolute Gasteiger partial charge is 0.439 e. The van der Waals surface area contributed by atoms with Crippen LogP contribution in [0.2, 0.25) is 0 Å². The number of ether oxygens (including phenoxy) is 1. The van der Waals surface area contributed by atoms with E-state index in [0.717, 1.165) is 24.2 Å². The molecule has 0 radical (unpaired) electrons. The molecular formula is C10H17NO2. The molecule has 1 aliphatic heterocycles. The molecule has 1 atom stereocenters. The van der Waals surface area contributed by atoms with Crippen LogP contribution in [0.25, 0.3) is 0 Å². The first-order valence-corrected chi connectivity index (χ1v) is 4.74. The summed E-state index contributed by atoms with van der Waals surface area (Å²) in [5.41, 5.74) is 1.81. The third-order valence-corrected chi connectivity index (χ3v) is 2.63. The van der Waals surface area contributed by atoms with E-state index in [4.69, 9.17) is 4.74 Å². The molecule has 3 heteroatoms. The molecule has 1 aliphatic rings. The number of carbonyl (C=O) groups excluding carboxylic acids is 1. The van der Waals surface area contributed by atoms with Crippen LogP contribution in [-0.4, -0.2) is 30.2 Å². The molecule has 1 unspecified atom stereocenters. The molecule has 0 saturated heterocycles. The minimum Gasteiger partial charge on any atom is -0.439 e. The van der Waals surface area contributed by atoms with Gasteiger partial charge in [0.15, 0.2) is 6.23 Å². The molecule has 0 bridgehead atoms. The van der Waals surface area contributed by atoms with Gasteiger partial charge in [-0.25, -0.2) is 4.79 Å². The molecule has 0 aromatic rings. The molecular weight excluding hydrogens is 166 g/mol. The van der Waals surface area contributed by atoms with Crippen molar-refractivity contribution in [2.75, 3.05) is 13.1 Å². The summed E-state index contributed by atoms with van der Waals surface area (Å²) in [4.78, 5) is 13.4. The predicted octanol–water partition coefficient (Wildman–Crippen LogP) is 1.55. The highest BCUT2D eigenvalue weighted by Gasteiger charge is 2.31. The maximum atomic E-state index is 11.2. The molecule has 0 saturated carbocycles. The van der Waals surface area contributed by atoms with E-state index in [2.05, 4.69) is 18.7 Å². The average Bonchev–Trinajstić information content (AvgIpc) is 2.36. The molecule has 0 amide bonds. The van der Waals surface area contributed by atoms with Gasteiger partial charge in [0.05, 0.1) is 0 Å². The van der Waals surface area contributed by atoms with Crippen LogP contribution in [0.4, 0.5) is 0 Å². The van der Waals surface area contributed by atoms with Crippen molar-refractivity contribution in [3.05, 3.63) is 11.1 Å². The van der Waals surface area contributed by atoms with Gasteiger partial charge in [-0.15, -0.1) is 0 Å². The monoisotopic (exact) mass is 183 g/mol. The Kier molecular flexibility index (Phi) is 3.09. The molecule has 0 N–H and O–H groups in total. The molecule has 0 spiro atoms. The summed E-state index contributed by atoms with van der Waals surface area (Å²) >= 11 is 0. The molecule has 1 heterocycles. The van der Waals surface area contributed by atoms with E-state index in [1.54, 1.807) is 0 Å². The Labute approximate surface area is 79.4 Å². The summed E-state index contributed by atoms with van der Waals surface area (Å²) in [6.45, 7) is 9.72. The van der Waals surface area contributed by atoms with E-state index in [1.165, 1.54) is 0 Å². The van der Waals surface area contributed by atoms with Crippen molar-refractivity contribution in [3.8, 4) is 0 Å². The van der Waals surface area contributed by atoms with Crippen LogP contribution >= 0.6 is 0 Å². The van der Waals surface area contributed by atoms with Gasteiger partial charge in [-0.1, -0.05) is 13.8 Å². The topological polar surface area (TPSA) is 29.5 Å². The second-order valence-electron chi connectivity index (χ2n) is 3.29. The molecule has 3 nitrogen and oxygen atoms in total. The second kappa shape index (κ2) is 3.92. The van der Waals surface area contributed by atoms with Crippen molar-refractivity contribution in [2.45, 2.75) is 33.9 Å². The number of cyclic esters (lactones) is 1. The lowest BCUT2D eigenvalue weighted by atomic mass is 10.1. The van der Waals surface area contributed by atoms with E-state index in [-0.39, 0.29) is 12.2 Å². The second-order valence-corrected chi connectivity index (χ2v) is 3.29. The van der Waals surface area contributed by atoms with Gasteiger partial charge in [0, 0.05) is 5.57 Å². The van der Waals surface area contributed by atoms with Crippen molar-refractivity contribution in [2.24, 2.45) is 0 Å². The Hall–Kier alpha value is -0.830. The summed E-state index contributed by atoms with van der Waals surface area (Å²) in [5.74, 6) is -0.172. The number of likely N-dealkylation sites (N-methyl/N-ethyl adjacent to an activating group) is 1. The van der Waals surface area contributed by atoms with Crippen molar-refractivity contribution in [1.82, 2.24) is 4.90 Å². The lowest BCUT2D eigenvalue weighted by Gasteiger charge is -2.25. The number of carbonyl (C=O) groups is 1. The fraction of sp³-hybridized carbons (Fsp3) is 0.700. The zero-order valence-electron chi connectivity index (χ0n) is 8.76. The summed E-state index contributed by atoms with van der Waals surface area (Å²) in [5, 5.41) is 0. The first kappa shape index (κ1) is 10.3. The quantitative estimate of drug-likeness (QED) is 0.622. The third-order valence-electron chi connectivity index (χ3n) is 2.63. The normalized spacial score (nSPS) is 22.8. The third kappa shape index (κ3) is 1.75. The van der Waals surface area contributed by atoms with E-state index in [0.29, 0.717) is 0 Å². The van der Waals surface area contributed by atoms with Gasteiger partial charge in [0.25, 0.3) is 0 Å². The van der Waals surface area contributed by atoms with Crippen molar-refractivity contribution >= 4 is 5.97 Å². The van der Waals surface area contributed by atoms with Crippen LogP contribution in [0, 0.1) is 0 Å². The fourth-order valence-electron chi connectivity index (χ4n) is 1.53. The molecule has 0 aromatic carbocycles. The predicted molar refractivity (Wildman–Crippen MR) is 51.2 cm³/mol. The van der Waals surface area contributed by atoms with Crippen molar-refractivity contribution in [3.63, 3.8) is 0 Å². The van der Waals surface area contributed by atoms with Gasteiger partial charge in [-0.3, -0.25) is 4.90 Å². The summed E-state index contributed by atoms with van der Waals surface area (Å²) < 4.78 is 5.24. The molecule has 0 aromatic heterocycles. The van der Waals surface area contributed by atoms with Crippen molar-refractivity contribution in [1.29, 1.82) is 0 Å². The summed E-state index contributed by atoms with van der Waals surface area (Å²) in [7, 11) is 0. The van der Waals surface area contributed by atoms with Gasteiger partial charge < -0.3 is 4.74 Å². The lowest BCUT2D eigenvalue weighted by Crippen LogP contribution is -2.36. The number of esters is 1. The molecule has 74 valence electrons. The lowest BCUT2D eigenvalue weighted by molar-refractivity contribution is -0.146. The molecule has 0 fully saturated rings. The zero-order chi connectivity index (χ0) is 10.0. The molecule has 0 aliphatic carbocycles. The van der Waals surface area contributed by atoms with Gasteiger partial charge in [-0.05, 0) is 32.5 Å². The summed E-state index contributed by atoms with van der Waals surface area (Å²) in [6.07, 6.45) is -0.123. The maximum absolute atomic E-state index is 11.2. The van der Waals surface area contributed by atoms with Crippen LogP contribution in [-0.2, 0) is 9.53 Å². The fourth-order valence-corrected chi connectivity index (χ4v) is 1.53. The number of rotatable bonds is 3. The van der Waals surface area contributed by atoms with Gasteiger partial charge in [0.2, 0.25) is 0 Å². The van der Waals surface area contributed by atoms with Gasteiger partial charge in [-0.2, -0.15) is 0 Å². The first-order chi connectivity index (χ1) is 6.11. The first-order valence-electron chi connectivity index (χ1n) is 4.74. The Morgan fingerprint density at radius 3 is 2.15 bits per heavy atom. The highest BCUT2D eigenvalue weighted by Crippen LogP contribution is 2.24. The van der Waals surface area contributed by atoms with Crippen LogP contribution in [0.3, 0.4) is 0 Å². The Morgan fingerprint density at radius 1 is 1.31 bits per heavy atom. The Morgan fingerprint density at radius 2 is 1.85 bits per heavy atom. The summed E-state index contributed by atoms with van der Waals surface area (Å²) in [6, 6.07) is 0. The maximum Gasteiger partial charge on any atom is 0.335 e. The van der Waals surface area contributed by atoms with E-state index in [9.17, 15) is 4.79 Å². The molecule has 13 heavy (non-hydrogen) atoms. The Balaban J connectivity index is 2.80. The number of hydrogen-bond acceptors (Lipinski definition) is 3. The van der Waals surface area contributed by atoms with Gasteiger partial charge in [0.1, 0.15) is 0 Å². The minimum absolute atomic E-state index is 0.123. The van der Waals surface area contributed by atoms with E-state index in [1.807, 2.05) is 13.8 Å². The Bertz CT molecular complexity index is 241. The standard InChI is InChI=1S/C10H17NO2/c1-5-11(6-2)9-7(3)8(4)10(12)13-9/h9H,5-6H2,1-4H3. The SMILES string of the molecule is CCN(CC)C1OC(=O)C(C)=C1C. The molecule has 1 rings (SSSR count). The smallest absolute Gasteiger partial charge is 0.335 e. The van der Waals surface area contributed by atoms with Crippen LogP contribution in [0.5, 0.6) is 0 Å². The van der Waals surface area contributed by atoms with Crippen LogP contribution in [0.15, 0.2) is 11.1 Å². The van der Waals surface area contributed by atoms with Gasteiger partial charge >= 0.3 is 5.97 Å². The van der Waals surface area contributed by atoms with Crippen LogP contribution < -0.4 is 0 Å². The van der Waals surface area contributed by atoms with E-state index < -0.39 is 0 Å². The van der Waals surface area contributed by atoms with E-state index >= 15 is 0 Å². The highest BCUT2D eigenvalue weighted by molar-refractivity contribution is 5.91. The highest BCUT2D eigenvalue weighted by atomic mass is 16.6. The van der Waals surface area contributed by atoms with Crippen molar-refractivity contribution < 1.29 is 9.53 Å².